The summed E-state index contributed by atoms with van der Waals surface area (Å²) in [5, 5.41) is 11.8. The van der Waals surface area contributed by atoms with E-state index in [0.29, 0.717) is 16.0 Å². The molecule has 0 N–H and O–H groups in total. The topological polar surface area (TPSA) is 75.8 Å². The highest BCUT2D eigenvalue weighted by atomic mass is 32.2. The number of aliphatic imine (C=N–C) groups is 1. The average molecular weight is 331 g/mol. The van der Waals surface area contributed by atoms with E-state index in [-0.39, 0.29) is 11.6 Å². The molecular weight excluding hydrogens is 314 g/mol. The summed E-state index contributed by atoms with van der Waals surface area (Å²) in [6, 6.07) is 4.97. The number of carbonyl (C=O) groups excluding carboxylic acids is 1. The Hall–Kier alpha value is -2.15. The fourth-order valence-electron chi connectivity index (χ4n) is 2.68. The second-order valence-electron chi connectivity index (χ2n) is 5.66. The van der Waals surface area contributed by atoms with Crippen LogP contribution in [0.4, 0.5) is 5.69 Å². The molecule has 1 aromatic carbocycles. The summed E-state index contributed by atoms with van der Waals surface area (Å²) in [5.41, 5.74) is 1.31. The third kappa shape index (κ3) is 3.44. The zero-order chi connectivity index (χ0) is 16.4. The first-order valence-corrected chi connectivity index (χ1v) is 8.39. The highest BCUT2D eigenvalue weighted by Gasteiger charge is 2.27. The molecule has 2 aliphatic rings. The number of nitro groups is 1. The monoisotopic (exact) mass is 331 g/mol. The van der Waals surface area contributed by atoms with Crippen molar-refractivity contribution in [2.45, 2.75) is 26.2 Å². The van der Waals surface area contributed by atoms with E-state index in [1.54, 1.807) is 25.1 Å². The maximum Gasteiger partial charge on any atom is 0.286 e. The van der Waals surface area contributed by atoms with Gasteiger partial charge in [-0.3, -0.25) is 14.9 Å². The normalized spacial score (nSPS) is 20.0. The fourth-order valence-corrected chi connectivity index (χ4v) is 3.65. The first-order valence-electron chi connectivity index (χ1n) is 7.57. The van der Waals surface area contributed by atoms with Crippen LogP contribution < -0.4 is 0 Å². The Morgan fingerprint density at radius 2 is 2.04 bits per heavy atom. The third-order valence-electron chi connectivity index (χ3n) is 3.96. The van der Waals surface area contributed by atoms with Crippen molar-refractivity contribution >= 4 is 34.6 Å². The minimum absolute atomic E-state index is 0.0620. The lowest BCUT2D eigenvalue weighted by atomic mass is 10.1. The number of piperidine rings is 1. The molecule has 1 fully saturated rings. The van der Waals surface area contributed by atoms with Crippen LogP contribution in [0.2, 0.25) is 0 Å². The second kappa shape index (κ2) is 6.54. The highest BCUT2D eigenvalue weighted by Crippen LogP contribution is 2.32. The molecule has 7 heteroatoms. The van der Waals surface area contributed by atoms with Crippen LogP contribution in [0.1, 0.15) is 30.4 Å². The molecule has 2 aliphatic heterocycles. The molecule has 1 amide bonds. The third-order valence-corrected chi connectivity index (χ3v) is 5.01. The quantitative estimate of drug-likeness (QED) is 0.472. The van der Waals surface area contributed by atoms with Gasteiger partial charge in [-0.15, -0.1) is 0 Å². The summed E-state index contributed by atoms with van der Waals surface area (Å²) in [6.07, 6.45) is 5.14. The number of aryl methyl sites for hydroxylation is 1. The van der Waals surface area contributed by atoms with Crippen LogP contribution >= 0.6 is 11.8 Å². The summed E-state index contributed by atoms with van der Waals surface area (Å²) in [7, 11) is 0. The average Bonchev–Trinajstić information content (AvgIpc) is 2.91. The summed E-state index contributed by atoms with van der Waals surface area (Å²) in [5.74, 6) is -0.265. The number of amidine groups is 1. The minimum Gasteiger partial charge on any atom is -0.351 e. The van der Waals surface area contributed by atoms with Crippen LogP contribution in [0.15, 0.2) is 28.1 Å². The van der Waals surface area contributed by atoms with Gasteiger partial charge < -0.3 is 4.90 Å². The molecule has 1 saturated heterocycles. The maximum absolute atomic E-state index is 12.1. The fraction of sp³-hybridized carbons (Fsp3) is 0.375. The molecule has 0 spiro atoms. The number of hydrogen-bond acceptors (Lipinski definition) is 5. The molecule has 2 heterocycles. The zero-order valence-corrected chi connectivity index (χ0v) is 13.6. The lowest BCUT2D eigenvalue weighted by Crippen LogP contribution is -2.33. The number of carbonyl (C=O) groups is 1. The molecule has 0 bridgehead atoms. The molecule has 0 aliphatic carbocycles. The minimum atomic E-state index is -0.406. The number of likely N-dealkylation sites (tertiary alicyclic amines) is 1. The molecule has 23 heavy (non-hydrogen) atoms. The predicted octanol–water partition coefficient (Wildman–Crippen LogP) is 3.36. The lowest BCUT2D eigenvalue weighted by Gasteiger charge is -2.27. The standard InChI is InChI=1S/C16H17N3O3S/c1-11-5-6-12(9-13(11)19(21)22)10-14-15(20)17-16(23-14)18-7-3-2-4-8-18/h5-6,9-10H,2-4,7-8H2,1H3. The van der Waals surface area contributed by atoms with Crippen molar-refractivity contribution in [2.75, 3.05) is 13.1 Å². The smallest absolute Gasteiger partial charge is 0.286 e. The first kappa shape index (κ1) is 15.7. The van der Waals surface area contributed by atoms with Crippen molar-refractivity contribution in [3.05, 3.63) is 44.3 Å². The van der Waals surface area contributed by atoms with Gasteiger partial charge in [0, 0.05) is 24.7 Å². The van der Waals surface area contributed by atoms with Crippen molar-refractivity contribution in [1.29, 1.82) is 0 Å². The van der Waals surface area contributed by atoms with E-state index < -0.39 is 4.92 Å². The molecule has 1 aromatic rings. The van der Waals surface area contributed by atoms with Crippen LogP contribution in [0, 0.1) is 17.0 Å². The number of nitro benzene ring substituents is 1. The Morgan fingerprint density at radius 3 is 2.74 bits per heavy atom. The Morgan fingerprint density at radius 1 is 1.30 bits per heavy atom. The molecule has 0 aromatic heterocycles. The SMILES string of the molecule is Cc1ccc(C=C2SC(N3CCCCC3)=NC2=O)cc1[N+](=O)[O-]. The molecule has 0 unspecified atom stereocenters. The number of hydrogen-bond donors (Lipinski definition) is 0. The highest BCUT2D eigenvalue weighted by molar-refractivity contribution is 8.18. The van der Waals surface area contributed by atoms with Crippen LogP contribution in [0.3, 0.4) is 0 Å². The van der Waals surface area contributed by atoms with Crippen molar-refractivity contribution < 1.29 is 9.72 Å². The van der Waals surface area contributed by atoms with Gasteiger partial charge in [0.25, 0.3) is 11.6 Å². The van der Waals surface area contributed by atoms with Crippen LogP contribution in [-0.2, 0) is 4.79 Å². The summed E-state index contributed by atoms with van der Waals surface area (Å²) < 4.78 is 0. The summed E-state index contributed by atoms with van der Waals surface area (Å²) >= 11 is 1.36. The Balaban J connectivity index is 1.80. The van der Waals surface area contributed by atoms with E-state index in [1.807, 2.05) is 0 Å². The zero-order valence-electron chi connectivity index (χ0n) is 12.8. The van der Waals surface area contributed by atoms with Crippen LogP contribution in [0.5, 0.6) is 0 Å². The van der Waals surface area contributed by atoms with Crippen LogP contribution in [0.25, 0.3) is 6.08 Å². The summed E-state index contributed by atoms with van der Waals surface area (Å²) in [4.78, 5) is 29.5. The Kier molecular flexibility index (Phi) is 4.47. The molecule has 0 saturated carbocycles. The number of thioether (sulfide) groups is 1. The molecule has 0 radical (unpaired) electrons. The summed E-state index contributed by atoms with van der Waals surface area (Å²) in [6.45, 7) is 3.56. The van der Waals surface area contributed by atoms with E-state index >= 15 is 0 Å². The van der Waals surface area contributed by atoms with Crippen molar-refractivity contribution in [3.8, 4) is 0 Å². The van der Waals surface area contributed by atoms with Gasteiger partial charge in [-0.2, -0.15) is 4.99 Å². The van der Waals surface area contributed by atoms with Gasteiger partial charge in [0.15, 0.2) is 5.17 Å². The molecule has 6 nitrogen and oxygen atoms in total. The number of nitrogens with zero attached hydrogens (tertiary/aromatic N) is 3. The number of rotatable bonds is 2. The molecule has 3 rings (SSSR count). The van der Waals surface area contributed by atoms with E-state index in [9.17, 15) is 14.9 Å². The molecular formula is C16H17N3O3S. The van der Waals surface area contributed by atoms with Gasteiger partial charge >= 0.3 is 0 Å². The number of amides is 1. The van der Waals surface area contributed by atoms with E-state index in [0.717, 1.165) is 31.1 Å². The van der Waals surface area contributed by atoms with Gasteiger partial charge in [0.05, 0.1) is 9.83 Å². The van der Waals surface area contributed by atoms with Crippen molar-refractivity contribution in [2.24, 2.45) is 4.99 Å². The second-order valence-corrected chi connectivity index (χ2v) is 6.67. The van der Waals surface area contributed by atoms with Crippen molar-refractivity contribution in [1.82, 2.24) is 4.90 Å². The molecule has 0 atom stereocenters. The first-order chi connectivity index (χ1) is 11.0. The largest absolute Gasteiger partial charge is 0.351 e. The van der Waals surface area contributed by atoms with Gasteiger partial charge in [0.2, 0.25) is 0 Å². The maximum atomic E-state index is 12.1. The lowest BCUT2D eigenvalue weighted by molar-refractivity contribution is -0.385. The van der Waals surface area contributed by atoms with Crippen LogP contribution in [-0.4, -0.2) is 34.0 Å². The predicted molar refractivity (Wildman–Crippen MR) is 91.3 cm³/mol. The van der Waals surface area contributed by atoms with E-state index in [4.69, 9.17) is 0 Å². The van der Waals surface area contributed by atoms with E-state index in [1.165, 1.54) is 24.2 Å². The Bertz CT molecular complexity index is 721. The van der Waals surface area contributed by atoms with Gasteiger partial charge in [-0.25, -0.2) is 0 Å². The van der Waals surface area contributed by atoms with Crippen molar-refractivity contribution in [3.63, 3.8) is 0 Å². The van der Waals surface area contributed by atoms with Gasteiger partial charge in [-0.1, -0.05) is 12.1 Å². The van der Waals surface area contributed by atoms with Gasteiger partial charge in [-0.05, 0) is 49.6 Å². The number of benzene rings is 1. The molecule has 120 valence electrons. The van der Waals surface area contributed by atoms with Gasteiger partial charge in [0.1, 0.15) is 0 Å². The Labute approximate surface area is 138 Å². The van der Waals surface area contributed by atoms with E-state index in [2.05, 4.69) is 9.89 Å².